The lowest BCUT2D eigenvalue weighted by Gasteiger charge is -2.20. The van der Waals surface area contributed by atoms with E-state index < -0.39 is 5.54 Å². The zero-order valence-electron chi connectivity index (χ0n) is 14.2. The number of carbonyl (C=O) groups excluding carboxylic acids is 1. The van der Waals surface area contributed by atoms with Gasteiger partial charge in [0.15, 0.2) is 0 Å². The maximum absolute atomic E-state index is 13.0. The molecule has 0 radical (unpaired) electrons. The molecule has 1 amide bonds. The lowest BCUT2D eigenvalue weighted by Crippen LogP contribution is -2.35. The van der Waals surface area contributed by atoms with Crippen molar-refractivity contribution in [3.05, 3.63) is 59.2 Å². The second-order valence-corrected chi connectivity index (χ2v) is 6.58. The van der Waals surface area contributed by atoms with Gasteiger partial charge in [-0.3, -0.25) is 9.78 Å². The molecule has 0 unspecified atom stereocenters. The number of amides is 1. The quantitative estimate of drug-likeness (QED) is 0.878. The Balaban J connectivity index is 1.85. The van der Waals surface area contributed by atoms with Gasteiger partial charge in [0.1, 0.15) is 5.82 Å². The first-order chi connectivity index (χ1) is 11.4. The molecule has 1 saturated carbocycles. The first kappa shape index (κ1) is 16.4. The van der Waals surface area contributed by atoms with E-state index in [4.69, 9.17) is 4.98 Å². The number of halogens is 1. The third-order valence-corrected chi connectivity index (χ3v) is 4.44. The highest BCUT2D eigenvalue weighted by Crippen LogP contribution is 2.45. The Kier molecular flexibility index (Phi) is 4.26. The van der Waals surface area contributed by atoms with Crippen LogP contribution in [0.4, 0.5) is 10.1 Å². The molecule has 2 aromatic rings. The lowest BCUT2D eigenvalue weighted by atomic mass is 10.0. The molecule has 4 nitrogen and oxygen atoms in total. The van der Waals surface area contributed by atoms with Crippen molar-refractivity contribution in [3.8, 4) is 0 Å². The normalized spacial score (nSPS) is 15.2. The van der Waals surface area contributed by atoms with Gasteiger partial charge in [-0.1, -0.05) is 13.8 Å². The Morgan fingerprint density at radius 1 is 1.17 bits per heavy atom. The van der Waals surface area contributed by atoms with Gasteiger partial charge >= 0.3 is 0 Å². The summed E-state index contributed by atoms with van der Waals surface area (Å²) in [6.07, 6.45) is 1.73. The van der Waals surface area contributed by atoms with Crippen molar-refractivity contribution in [2.75, 3.05) is 12.4 Å². The van der Waals surface area contributed by atoms with Crippen LogP contribution >= 0.6 is 0 Å². The summed E-state index contributed by atoms with van der Waals surface area (Å²) in [5, 5.41) is 6.24. The number of nitrogens with zero attached hydrogens (tertiary/aromatic N) is 1. The molecule has 5 heteroatoms. The van der Waals surface area contributed by atoms with Crippen LogP contribution in [-0.4, -0.2) is 17.9 Å². The largest absolute Gasteiger partial charge is 0.387 e. The first-order valence-corrected chi connectivity index (χ1v) is 8.22. The molecule has 1 aromatic heterocycles. The van der Waals surface area contributed by atoms with Gasteiger partial charge in [0.2, 0.25) is 0 Å². The van der Waals surface area contributed by atoms with Crippen LogP contribution in [0.1, 0.15) is 54.4 Å². The number of anilines is 1. The SMILES string of the molecule is CNc1ccc(C2(NC(=O)c3ccc(F)cc3)CC2)nc1C(C)C. The summed E-state index contributed by atoms with van der Waals surface area (Å²) in [5.41, 5.74) is 2.95. The number of rotatable bonds is 5. The fourth-order valence-corrected chi connectivity index (χ4v) is 2.85. The van der Waals surface area contributed by atoms with Gasteiger partial charge in [-0.2, -0.15) is 0 Å². The third-order valence-electron chi connectivity index (χ3n) is 4.44. The second kappa shape index (κ2) is 6.23. The van der Waals surface area contributed by atoms with Crippen molar-refractivity contribution >= 4 is 11.6 Å². The lowest BCUT2D eigenvalue weighted by molar-refractivity contribution is 0.0929. The number of pyridine rings is 1. The van der Waals surface area contributed by atoms with Crippen molar-refractivity contribution in [2.24, 2.45) is 0 Å². The van der Waals surface area contributed by atoms with Gasteiger partial charge in [-0.15, -0.1) is 0 Å². The Labute approximate surface area is 141 Å². The van der Waals surface area contributed by atoms with Crippen molar-refractivity contribution < 1.29 is 9.18 Å². The highest BCUT2D eigenvalue weighted by molar-refractivity contribution is 5.95. The van der Waals surface area contributed by atoms with Crippen LogP contribution in [0.3, 0.4) is 0 Å². The van der Waals surface area contributed by atoms with Crippen LogP contribution < -0.4 is 10.6 Å². The number of nitrogens with one attached hydrogen (secondary N) is 2. The van der Waals surface area contributed by atoms with Gasteiger partial charge in [0, 0.05) is 12.6 Å². The van der Waals surface area contributed by atoms with Crippen LogP contribution in [0.2, 0.25) is 0 Å². The molecule has 0 saturated heterocycles. The Bertz CT molecular complexity index is 752. The van der Waals surface area contributed by atoms with Gasteiger partial charge in [0.05, 0.1) is 22.6 Å². The Morgan fingerprint density at radius 2 is 1.83 bits per heavy atom. The average Bonchev–Trinajstić information content (AvgIpc) is 3.35. The predicted molar refractivity (Wildman–Crippen MR) is 92.7 cm³/mol. The van der Waals surface area contributed by atoms with E-state index in [9.17, 15) is 9.18 Å². The van der Waals surface area contributed by atoms with Crippen molar-refractivity contribution in [2.45, 2.75) is 38.1 Å². The first-order valence-electron chi connectivity index (χ1n) is 8.22. The maximum atomic E-state index is 13.0. The zero-order chi connectivity index (χ0) is 17.3. The van der Waals surface area contributed by atoms with E-state index in [1.54, 1.807) is 0 Å². The van der Waals surface area contributed by atoms with Crippen LogP contribution in [0, 0.1) is 5.82 Å². The summed E-state index contributed by atoms with van der Waals surface area (Å²) in [7, 11) is 1.88. The summed E-state index contributed by atoms with van der Waals surface area (Å²) in [5.74, 6) is -0.257. The van der Waals surface area contributed by atoms with Crippen LogP contribution in [0.15, 0.2) is 36.4 Å². The van der Waals surface area contributed by atoms with Crippen LogP contribution in [0.25, 0.3) is 0 Å². The Morgan fingerprint density at radius 3 is 2.38 bits per heavy atom. The topological polar surface area (TPSA) is 54.0 Å². The molecule has 0 bridgehead atoms. The van der Waals surface area contributed by atoms with E-state index in [0.717, 1.165) is 29.9 Å². The molecule has 24 heavy (non-hydrogen) atoms. The van der Waals surface area contributed by atoms with Crippen molar-refractivity contribution in [1.29, 1.82) is 0 Å². The van der Waals surface area contributed by atoms with E-state index in [0.29, 0.717) is 5.56 Å². The second-order valence-electron chi connectivity index (χ2n) is 6.58. The highest BCUT2D eigenvalue weighted by atomic mass is 19.1. The molecule has 1 aliphatic rings. The molecular formula is C19H22FN3O. The van der Waals surface area contributed by atoms with E-state index in [-0.39, 0.29) is 17.6 Å². The molecular weight excluding hydrogens is 305 g/mol. The van der Waals surface area contributed by atoms with Crippen molar-refractivity contribution in [1.82, 2.24) is 10.3 Å². The minimum Gasteiger partial charge on any atom is -0.387 e. The maximum Gasteiger partial charge on any atom is 0.252 e. The van der Waals surface area contributed by atoms with Gasteiger partial charge in [-0.05, 0) is 55.2 Å². The molecule has 1 fully saturated rings. The smallest absolute Gasteiger partial charge is 0.252 e. The number of hydrogen-bond donors (Lipinski definition) is 2. The van der Waals surface area contributed by atoms with Gasteiger partial charge in [0.25, 0.3) is 5.91 Å². The minimum absolute atomic E-state index is 0.196. The monoisotopic (exact) mass is 327 g/mol. The predicted octanol–water partition coefficient (Wildman–Crippen LogP) is 3.80. The van der Waals surface area contributed by atoms with Crippen LogP contribution in [0.5, 0.6) is 0 Å². The Hall–Kier alpha value is -2.43. The highest BCUT2D eigenvalue weighted by Gasteiger charge is 2.47. The summed E-state index contributed by atoms with van der Waals surface area (Å²) >= 11 is 0. The summed E-state index contributed by atoms with van der Waals surface area (Å²) in [6.45, 7) is 4.20. The molecule has 0 spiro atoms. The minimum atomic E-state index is -0.401. The molecule has 2 N–H and O–H groups in total. The van der Waals surface area contributed by atoms with Crippen LogP contribution in [-0.2, 0) is 5.54 Å². The molecule has 126 valence electrons. The molecule has 1 aliphatic carbocycles. The number of aromatic nitrogens is 1. The molecule has 3 rings (SSSR count). The van der Waals surface area contributed by atoms with E-state index in [2.05, 4.69) is 24.5 Å². The molecule has 1 aromatic carbocycles. The van der Waals surface area contributed by atoms with Gasteiger partial charge < -0.3 is 10.6 Å². The summed E-state index contributed by atoms with van der Waals surface area (Å²) < 4.78 is 13.0. The molecule has 0 atom stereocenters. The van der Waals surface area contributed by atoms with Crippen molar-refractivity contribution in [3.63, 3.8) is 0 Å². The zero-order valence-corrected chi connectivity index (χ0v) is 14.2. The number of carbonyl (C=O) groups is 1. The summed E-state index contributed by atoms with van der Waals surface area (Å²) in [6, 6.07) is 9.57. The van der Waals surface area contributed by atoms with Gasteiger partial charge in [-0.25, -0.2) is 4.39 Å². The van der Waals surface area contributed by atoms with E-state index in [1.165, 1.54) is 24.3 Å². The van der Waals surface area contributed by atoms with E-state index in [1.807, 2.05) is 19.2 Å². The standard InChI is InChI=1S/C19H22FN3O/c1-12(2)17-15(21-3)8-9-16(22-17)19(10-11-19)23-18(24)13-4-6-14(20)7-5-13/h4-9,12,21H,10-11H2,1-3H3,(H,23,24). The average molecular weight is 327 g/mol. The molecule has 1 heterocycles. The fraction of sp³-hybridized carbons (Fsp3) is 0.368. The van der Waals surface area contributed by atoms with E-state index >= 15 is 0 Å². The fourth-order valence-electron chi connectivity index (χ4n) is 2.85. The number of benzene rings is 1. The third kappa shape index (κ3) is 3.11. The molecule has 0 aliphatic heterocycles. The number of hydrogen-bond acceptors (Lipinski definition) is 3. The summed E-state index contributed by atoms with van der Waals surface area (Å²) in [4.78, 5) is 17.3.